The molecule has 1 N–H and O–H groups in total. The molecule has 0 aliphatic rings. The summed E-state index contributed by atoms with van der Waals surface area (Å²) in [6.07, 6.45) is 0.768. The highest BCUT2D eigenvalue weighted by Crippen LogP contribution is 2.29. The molecule has 0 spiro atoms. The van der Waals surface area contributed by atoms with E-state index in [0.717, 1.165) is 32.7 Å². The van der Waals surface area contributed by atoms with E-state index in [2.05, 4.69) is 21.6 Å². The summed E-state index contributed by atoms with van der Waals surface area (Å²) in [6, 6.07) is 20.9. The van der Waals surface area contributed by atoms with Crippen LogP contribution in [0, 0.1) is 11.3 Å². The zero-order valence-corrected chi connectivity index (χ0v) is 19.4. The maximum absolute atomic E-state index is 12.3. The summed E-state index contributed by atoms with van der Waals surface area (Å²) < 4.78 is 11.8. The van der Waals surface area contributed by atoms with Crippen LogP contribution in [0.5, 0.6) is 5.75 Å². The van der Waals surface area contributed by atoms with Gasteiger partial charge < -0.3 is 14.5 Å². The van der Waals surface area contributed by atoms with Gasteiger partial charge in [0.25, 0.3) is 0 Å². The van der Waals surface area contributed by atoms with Gasteiger partial charge in [0.2, 0.25) is 11.0 Å². The number of nitrogens with one attached hydrogen (secondary N) is 1. The number of carbonyl (C=O) groups is 1. The van der Waals surface area contributed by atoms with E-state index < -0.39 is 0 Å². The van der Waals surface area contributed by atoms with E-state index in [1.807, 2.05) is 48.5 Å². The zero-order chi connectivity index (χ0) is 23.0. The molecule has 2 aromatic carbocycles. The number of rotatable bonds is 9. The van der Waals surface area contributed by atoms with Crippen molar-refractivity contribution in [3.8, 4) is 23.1 Å². The summed E-state index contributed by atoms with van der Waals surface area (Å²) in [5.74, 6) is 2.85. The Labute approximate surface area is 199 Å². The summed E-state index contributed by atoms with van der Waals surface area (Å²) in [7, 11) is 1.63. The summed E-state index contributed by atoms with van der Waals surface area (Å²) in [6.45, 7) is 0. The first-order chi connectivity index (χ1) is 16.1. The highest BCUT2D eigenvalue weighted by Gasteiger charge is 2.11. The highest BCUT2D eigenvalue weighted by molar-refractivity contribution is 8.00. The third-order valence-corrected chi connectivity index (χ3v) is 6.78. The minimum absolute atomic E-state index is 0.141. The van der Waals surface area contributed by atoms with Crippen molar-refractivity contribution in [3.63, 3.8) is 0 Å². The van der Waals surface area contributed by atoms with Gasteiger partial charge in [-0.15, -0.1) is 10.2 Å². The number of ether oxygens (including phenoxy) is 1. The van der Waals surface area contributed by atoms with Crippen LogP contribution in [-0.2, 0) is 17.0 Å². The Kier molecular flexibility index (Phi) is 7.40. The predicted molar refractivity (Wildman–Crippen MR) is 128 cm³/mol. The van der Waals surface area contributed by atoms with Crippen LogP contribution < -0.4 is 10.1 Å². The third kappa shape index (κ3) is 6.22. The molecule has 1 amide bonds. The van der Waals surface area contributed by atoms with Crippen LogP contribution in [0.3, 0.4) is 0 Å². The number of hydrogen-bond donors (Lipinski definition) is 1. The number of methoxy groups -OCH3 is 1. The predicted octanol–water partition coefficient (Wildman–Crippen LogP) is 5.54. The van der Waals surface area contributed by atoms with Crippen molar-refractivity contribution < 1.29 is 13.9 Å². The van der Waals surface area contributed by atoms with E-state index in [1.165, 1.54) is 23.1 Å². The van der Waals surface area contributed by atoms with Crippen molar-refractivity contribution in [1.82, 2.24) is 10.2 Å². The number of aryl methyl sites for hydroxylation is 1. The van der Waals surface area contributed by atoms with Gasteiger partial charge in [-0.05, 0) is 54.1 Å². The standard InChI is InChI=1S/C24H20N4O3S2/c1-30-19-8-6-18(7-9-19)21-12-10-20(31-21)11-13-22(29)26-23-27-28-24(33-23)32-15-17-4-2-16(14-25)3-5-17/h2-10,12H,11,13,15H2,1H3,(H,26,27,29). The van der Waals surface area contributed by atoms with Gasteiger partial charge in [0.15, 0.2) is 4.34 Å². The van der Waals surface area contributed by atoms with Gasteiger partial charge in [-0.1, -0.05) is 35.2 Å². The second-order valence-electron chi connectivity index (χ2n) is 7.01. The molecular weight excluding hydrogens is 456 g/mol. The molecule has 0 radical (unpaired) electrons. The molecule has 0 aliphatic heterocycles. The molecule has 166 valence electrons. The minimum Gasteiger partial charge on any atom is -0.497 e. The molecule has 0 unspecified atom stereocenters. The molecule has 4 aromatic rings. The van der Waals surface area contributed by atoms with Crippen LogP contribution >= 0.6 is 23.1 Å². The largest absolute Gasteiger partial charge is 0.497 e. The Balaban J connectivity index is 1.24. The smallest absolute Gasteiger partial charge is 0.226 e. The van der Waals surface area contributed by atoms with Gasteiger partial charge in [0, 0.05) is 24.2 Å². The molecule has 0 bridgehead atoms. The number of anilines is 1. The summed E-state index contributed by atoms with van der Waals surface area (Å²) in [5, 5.41) is 20.3. The highest BCUT2D eigenvalue weighted by atomic mass is 32.2. The van der Waals surface area contributed by atoms with E-state index >= 15 is 0 Å². The maximum atomic E-state index is 12.3. The van der Waals surface area contributed by atoms with Gasteiger partial charge in [-0.25, -0.2) is 0 Å². The summed E-state index contributed by atoms with van der Waals surface area (Å²) in [5.41, 5.74) is 2.68. The van der Waals surface area contributed by atoms with E-state index in [1.54, 1.807) is 19.2 Å². The zero-order valence-electron chi connectivity index (χ0n) is 17.8. The Morgan fingerprint density at radius 2 is 1.91 bits per heavy atom. The van der Waals surface area contributed by atoms with Crippen LogP contribution in [0.25, 0.3) is 11.3 Å². The van der Waals surface area contributed by atoms with E-state index in [4.69, 9.17) is 14.4 Å². The fraction of sp³-hybridized carbons (Fsp3) is 0.167. The normalized spacial score (nSPS) is 10.5. The van der Waals surface area contributed by atoms with Gasteiger partial charge in [0.1, 0.15) is 17.3 Å². The molecule has 9 heteroatoms. The molecule has 7 nitrogen and oxygen atoms in total. The average molecular weight is 477 g/mol. The first-order valence-electron chi connectivity index (χ1n) is 10.1. The fourth-order valence-electron chi connectivity index (χ4n) is 2.98. The SMILES string of the molecule is COc1ccc(-c2ccc(CCC(=O)Nc3nnc(SCc4ccc(C#N)cc4)s3)o2)cc1. The second-order valence-corrected chi connectivity index (χ2v) is 9.21. The molecule has 2 heterocycles. The lowest BCUT2D eigenvalue weighted by molar-refractivity contribution is -0.116. The van der Waals surface area contributed by atoms with E-state index in [-0.39, 0.29) is 12.3 Å². The van der Waals surface area contributed by atoms with Crippen LogP contribution in [-0.4, -0.2) is 23.2 Å². The van der Waals surface area contributed by atoms with Crippen LogP contribution in [0.4, 0.5) is 5.13 Å². The topological polar surface area (TPSA) is 101 Å². The van der Waals surface area contributed by atoms with E-state index in [9.17, 15) is 4.79 Å². The lowest BCUT2D eigenvalue weighted by Gasteiger charge is -2.01. The molecule has 33 heavy (non-hydrogen) atoms. The number of aromatic nitrogens is 2. The Hall–Kier alpha value is -3.61. The number of carbonyl (C=O) groups excluding carboxylic acids is 1. The number of furan rings is 1. The second kappa shape index (κ2) is 10.8. The number of hydrogen-bond acceptors (Lipinski definition) is 8. The summed E-state index contributed by atoms with van der Waals surface area (Å²) >= 11 is 2.87. The van der Waals surface area contributed by atoms with Crippen molar-refractivity contribution in [3.05, 3.63) is 77.6 Å². The Morgan fingerprint density at radius 3 is 2.64 bits per heavy atom. The van der Waals surface area contributed by atoms with E-state index in [0.29, 0.717) is 22.9 Å². The minimum atomic E-state index is -0.141. The van der Waals surface area contributed by atoms with Crippen molar-refractivity contribution >= 4 is 34.1 Å². The quantitative estimate of drug-likeness (QED) is 0.250. The van der Waals surface area contributed by atoms with Crippen molar-refractivity contribution in [2.45, 2.75) is 22.9 Å². The van der Waals surface area contributed by atoms with Crippen molar-refractivity contribution in [1.29, 1.82) is 5.26 Å². The molecule has 4 rings (SSSR count). The number of thioether (sulfide) groups is 1. The lowest BCUT2D eigenvalue weighted by atomic mass is 10.2. The van der Waals surface area contributed by atoms with Crippen molar-refractivity contribution in [2.24, 2.45) is 0 Å². The molecule has 0 saturated carbocycles. The first-order valence-corrected chi connectivity index (χ1v) is 11.9. The number of nitrogens with zero attached hydrogens (tertiary/aromatic N) is 3. The van der Waals surface area contributed by atoms with Crippen LogP contribution in [0.1, 0.15) is 23.3 Å². The number of amides is 1. The molecular formula is C24H20N4O3S2. The van der Waals surface area contributed by atoms with Gasteiger partial charge in [0.05, 0.1) is 18.7 Å². The Morgan fingerprint density at radius 1 is 1.12 bits per heavy atom. The van der Waals surface area contributed by atoms with Crippen LogP contribution in [0.2, 0.25) is 0 Å². The molecule has 0 saturated heterocycles. The molecule has 0 fully saturated rings. The maximum Gasteiger partial charge on any atom is 0.226 e. The monoisotopic (exact) mass is 476 g/mol. The van der Waals surface area contributed by atoms with Crippen LogP contribution in [0.15, 0.2) is 69.4 Å². The first kappa shape index (κ1) is 22.6. The fourth-order valence-corrected chi connectivity index (χ4v) is 4.70. The van der Waals surface area contributed by atoms with Crippen molar-refractivity contribution in [2.75, 3.05) is 12.4 Å². The molecule has 2 aromatic heterocycles. The third-order valence-electron chi connectivity index (χ3n) is 4.73. The Bertz CT molecular complexity index is 1260. The number of benzene rings is 2. The lowest BCUT2D eigenvalue weighted by Crippen LogP contribution is -2.11. The number of nitriles is 1. The average Bonchev–Trinajstić information content (AvgIpc) is 3.51. The van der Waals surface area contributed by atoms with Gasteiger partial charge in [-0.2, -0.15) is 5.26 Å². The summed E-state index contributed by atoms with van der Waals surface area (Å²) in [4.78, 5) is 12.3. The molecule has 0 atom stereocenters. The molecule has 0 aliphatic carbocycles. The van der Waals surface area contributed by atoms with Gasteiger partial charge in [-0.3, -0.25) is 4.79 Å². The van der Waals surface area contributed by atoms with Gasteiger partial charge >= 0.3 is 0 Å².